The molecule has 0 aliphatic carbocycles. The second-order valence-electron chi connectivity index (χ2n) is 6.49. The summed E-state index contributed by atoms with van der Waals surface area (Å²) in [6, 6.07) is 8.42. The van der Waals surface area contributed by atoms with Crippen molar-refractivity contribution in [2.24, 2.45) is 0 Å². The van der Waals surface area contributed by atoms with Crippen LogP contribution in [0.5, 0.6) is 5.75 Å². The molecule has 0 radical (unpaired) electrons. The number of rotatable bonds is 18. The summed E-state index contributed by atoms with van der Waals surface area (Å²) in [7, 11) is 0. The van der Waals surface area contributed by atoms with E-state index in [0.29, 0.717) is 46.2 Å². The summed E-state index contributed by atoms with van der Waals surface area (Å²) in [6.07, 6.45) is 14.2. The fourth-order valence-corrected chi connectivity index (χ4v) is 2.65. The Morgan fingerprint density at radius 2 is 1.33 bits per heavy atom. The maximum Gasteiger partial charge on any atom is 0.119 e. The molecule has 0 aromatic heterocycles. The zero-order valence-electron chi connectivity index (χ0n) is 16.9. The number of hydrogen-bond donors (Lipinski definition) is 0. The van der Waals surface area contributed by atoms with Crippen molar-refractivity contribution in [1.82, 2.24) is 0 Å². The molecular formula is C23H36O4. The van der Waals surface area contributed by atoms with Crippen LogP contribution in [0.15, 0.2) is 24.3 Å². The molecule has 0 saturated heterocycles. The Bertz CT molecular complexity index is 478. The van der Waals surface area contributed by atoms with Gasteiger partial charge in [-0.05, 0) is 30.5 Å². The van der Waals surface area contributed by atoms with Crippen LogP contribution >= 0.6 is 0 Å². The van der Waals surface area contributed by atoms with Gasteiger partial charge in [-0.2, -0.15) is 0 Å². The van der Waals surface area contributed by atoms with E-state index in [-0.39, 0.29) is 0 Å². The van der Waals surface area contributed by atoms with Gasteiger partial charge in [-0.3, -0.25) is 0 Å². The number of ether oxygens (including phenoxy) is 4. The van der Waals surface area contributed by atoms with E-state index in [2.05, 4.69) is 25.0 Å². The van der Waals surface area contributed by atoms with Gasteiger partial charge < -0.3 is 18.9 Å². The molecular weight excluding hydrogens is 340 g/mol. The van der Waals surface area contributed by atoms with E-state index >= 15 is 0 Å². The summed E-state index contributed by atoms with van der Waals surface area (Å²) in [5, 5.41) is 0. The van der Waals surface area contributed by atoms with Crippen LogP contribution in [0.2, 0.25) is 0 Å². The third-order valence-corrected chi connectivity index (χ3v) is 4.17. The summed E-state index contributed by atoms with van der Waals surface area (Å²) < 4.78 is 21.6. The van der Waals surface area contributed by atoms with Gasteiger partial charge in [0.05, 0.1) is 33.0 Å². The fraction of sp³-hybridized carbons (Fsp3) is 0.652. The van der Waals surface area contributed by atoms with Gasteiger partial charge in [0.15, 0.2) is 0 Å². The quantitative estimate of drug-likeness (QED) is 0.276. The first-order valence-electron chi connectivity index (χ1n) is 10.2. The molecule has 0 bridgehead atoms. The monoisotopic (exact) mass is 376 g/mol. The van der Waals surface area contributed by atoms with Crippen LogP contribution in [0, 0.1) is 12.3 Å². The number of benzene rings is 1. The highest BCUT2D eigenvalue weighted by atomic mass is 16.6. The van der Waals surface area contributed by atoms with Gasteiger partial charge in [0.25, 0.3) is 0 Å². The van der Waals surface area contributed by atoms with Crippen LogP contribution < -0.4 is 4.74 Å². The molecule has 1 aromatic carbocycles. The molecule has 0 atom stereocenters. The summed E-state index contributed by atoms with van der Waals surface area (Å²) in [6.45, 7) is 5.83. The van der Waals surface area contributed by atoms with E-state index < -0.39 is 0 Å². The van der Waals surface area contributed by atoms with Crippen LogP contribution in [0.4, 0.5) is 0 Å². The van der Waals surface area contributed by atoms with E-state index in [1.165, 1.54) is 44.1 Å². The first-order valence-corrected chi connectivity index (χ1v) is 10.2. The normalized spacial score (nSPS) is 10.7. The molecule has 0 spiro atoms. The highest BCUT2D eigenvalue weighted by Crippen LogP contribution is 2.15. The first-order chi connectivity index (χ1) is 13.4. The minimum absolute atomic E-state index is 0.331. The smallest absolute Gasteiger partial charge is 0.119 e. The molecule has 0 unspecified atom stereocenters. The summed E-state index contributed by atoms with van der Waals surface area (Å²) in [5.41, 5.74) is 1.39. The minimum Gasteiger partial charge on any atom is -0.491 e. The lowest BCUT2D eigenvalue weighted by molar-refractivity contribution is 0.0142. The third kappa shape index (κ3) is 14.2. The summed E-state index contributed by atoms with van der Waals surface area (Å²) in [5.74, 6) is 3.31. The number of aryl methyl sites for hydroxylation is 1. The summed E-state index contributed by atoms with van der Waals surface area (Å²) in [4.78, 5) is 0. The van der Waals surface area contributed by atoms with Crippen molar-refractivity contribution in [2.45, 2.75) is 51.9 Å². The first kappa shape index (κ1) is 23.5. The molecule has 1 aromatic rings. The van der Waals surface area contributed by atoms with E-state index in [0.717, 1.165) is 12.2 Å². The van der Waals surface area contributed by atoms with Gasteiger partial charge >= 0.3 is 0 Å². The molecule has 4 nitrogen and oxygen atoms in total. The van der Waals surface area contributed by atoms with Crippen molar-refractivity contribution in [3.8, 4) is 18.1 Å². The standard InChI is InChI=1S/C23H36O4/c1-3-5-6-7-8-9-10-22-11-13-23(14-12-22)27-21-20-26-19-18-25-17-16-24-15-4-2/h2,11-14H,3,5-10,15-21H2,1H3. The topological polar surface area (TPSA) is 36.9 Å². The van der Waals surface area contributed by atoms with Crippen LogP contribution in [0.3, 0.4) is 0 Å². The molecule has 0 aliphatic heterocycles. The van der Waals surface area contributed by atoms with Gasteiger partial charge in [0, 0.05) is 0 Å². The number of hydrogen-bond acceptors (Lipinski definition) is 4. The number of unbranched alkanes of at least 4 members (excludes halogenated alkanes) is 5. The highest BCUT2D eigenvalue weighted by molar-refractivity contribution is 5.27. The number of terminal acetylenes is 1. The van der Waals surface area contributed by atoms with Crippen LogP contribution in [0.1, 0.15) is 51.0 Å². The van der Waals surface area contributed by atoms with Gasteiger partial charge in [-0.1, -0.05) is 57.1 Å². The Balaban J connectivity index is 1.95. The van der Waals surface area contributed by atoms with Crippen molar-refractivity contribution in [3.63, 3.8) is 0 Å². The summed E-state index contributed by atoms with van der Waals surface area (Å²) >= 11 is 0. The van der Waals surface area contributed by atoms with Crippen molar-refractivity contribution in [2.75, 3.05) is 46.2 Å². The minimum atomic E-state index is 0.331. The van der Waals surface area contributed by atoms with Gasteiger partial charge in [0.2, 0.25) is 0 Å². The van der Waals surface area contributed by atoms with Crippen molar-refractivity contribution >= 4 is 0 Å². The Hall–Kier alpha value is -1.54. The Kier molecular flexibility index (Phi) is 15.5. The van der Waals surface area contributed by atoms with Gasteiger partial charge in [0.1, 0.15) is 19.0 Å². The van der Waals surface area contributed by atoms with Crippen molar-refractivity contribution in [1.29, 1.82) is 0 Å². The van der Waals surface area contributed by atoms with E-state index in [1.807, 2.05) is 12.1 Å². The highest BCUT2D eigenvalue weighted by Gasteiger charge is 1.98. The average Bonchev–Trinajstić information content (AvgIpc) is 2.70. The maximum atomic E-state index is 5.70. The van der Waals surface area contributed by atoms with E-state index in [1.54, 1.807) is 0 Å². The maximum absolute atomic E-state index is 5.70. The SMILES string of the molecule is C#CCOCCOCCOCCOc1ccc(CCCCCCCC)cc1. The zero-order chi connectivity index (χ0) is 19.4. The molecule has 0 saturated carbocycles. The molecule has 0 fully saturated rings. The molecule has 0 N–H and O–H groups in total. The third-order valence-electron chi connectivity index (χ3n) is 4.17. The largest absolute Gasteiger partial charge is 0.491 e. The van der Waals surface area contributed by atoms with Crippen molar-refractivity contribution in [3.05, 3.63) is 29.8 Å². The Morgan fingerprint density at radius 1 is 0.741 bits per heavy atom. The second kappa shape index (κ2) is 17.9. The molecule has 1 rings (SSSR count). The van der Waals surface area contributed by atoms with E-state index in [4.69, 9.17) is 25.4 Å². The van der Waals surface area contributed by atoms with Crippen LogP contribution in [0.25, 0.3) is 0 Å². The second-order valence-corrected chi connectivity index (χ2v) is 6.49. The molecule has 0 amide bonds. The Labute approximate surface area is 165 Å². The fourth-order valence-electron chi connectivity index (χ4n) is 2.65. The Morgan fingerprint density at radius 3 is 2.00 bits per heavy atom. The van der Waals surface area contributed by atoms with Crippen LogP contribution in [-0.2, 0) is 20.6 Å². The molecule has 0 aliphatic rings. The average molecular weight is 377 g/mol. The lowest BCUT2D eigenvalue weighted by Crippen LogP contribution is -2.12. The van der Waals surface area contributed by atoms with Gasteiger partial charge in [-0.25, -0.2) is 0 Å². The molecule has 27 heavy (non-hydrogen) atoms. The molecule has 4 heteroatoms. The van der Waals surface area contributed by atoms with Crippen LogP contribution in [-0.4, -0.2) is 46.2 Å². The lowest BCUT2D eigenvalue weighted by Gasteiger charge is -2.09. The lowest BCUT2D eigenvalue weighted by atomic mass is 10.0. The predicted molar refractivity (Wildman–Crippen MR) is 110 cm³/mol. The van der Waals surface area contributed by atoms with Gasteiger partial charge in [-0.15, -0.1) is 6.42 Å². The predicted octanol–water partition coefficient (Wildman–Crippen LogP) is 4.65. The van der Waals surface area contributed by atoms with E-state index in [9.17, 15) is 0 Å². The van der Waals surface area contributed by atoms with Crippen molar-refractivity contribution < 1.29 is 18.9 Å². The molecule has 0 heterocycles. The molecule has 152 valence electrons. The zero-order valence-corrected chi connectivity index (χ0v) is 16.9.